The van der Waals surface area contributed by atoms with Crippen molar-refractivity contribution in [3.8, 4) is 33.6 Å². The van der Waals surface area contributed by atoms with E-state index in [9.17, 15) is 14.3 Å². The molecule has 0 aliphatic heterocycles. The maximum Gasteiger partial charge on any atom is 0.345 e. The predicted molar refractivity (Wildman–Crippen MR) is 162 cm³/mol. The van der Waals surface area contributed by atoms with Crippen LogP contribution in [0.4, 0.5) is 4.39 Å². The van der Waals surface area contributed by atoms with Crippen LogP contribution in [-0.2, 0) is 6.54 Å². The fourth-order valence-corrected chi connectivity index (χ4v) is 6.36. The lowest BCUT2D eigenvalue weighted by Gasteiger charge is -2.14. The fraction of sp³-hybridized carbons (Fsp3) is 0.0294. The summed E-state index contributed by atoms with van der Waals surface area (Å²) < 4.78 is 16.6. The minimum atomic E-state index is -0.934. The van der Waals surface area contributed by atoms with E-state index in [1.54, 1.807) is 30.6 Å². The van der Waals surface area contributed by atoms with Crippen LogP contribution in [0.25, 0.3) is 54.8 Å². The van der Waals surface area contributed by atoms with Gasteiger partial charge in [-0.15, -0.1) is 11.3 Å². The van der Waals surface area contributed by atoms with Gasteiger partial charge in [-0.3, -0.25) is 4.98 Å². The van der Waals surface area contributed by atoms with Gasteiger partial charge in [-0.05, 0) is 77.4 Å². The molecule has 4 aromatic heterocycles. The zero-order valence-electron chi connectivity index (χ0n) is 21.7. The van der Waals surface area contributed by atoms with E-state index < -0.39 is 5.97 Å². The van der Waals surface area contributed by atoms with Crippen LogP contribution < -0.4 is 0 Å². The molecule has 0 radical (unpaired) electrons. The molecule has 0 atom stereocenters. The summed E-state index contributed by atoms with van der Waals surface area (Å²) in [6, 6.07) is 32.3. The van der Waals surface area contributed by atoms with E-state index in [1.165, 1.54) is 23.5 Å². The van der Waals surface area contributed by atoms with Crippen molar-refractivity contribution >= 4 is 38.4 Å². The molecule has 0 amide bonds. The van der Waals surface area contributed by atoms with Gasteiger partial charge >= 0.3 is 5.97 Å². The summed E-state index contributed by atoms with van der Waals surface area (Å²) in [5.41, 5.74) is 8.43. The van der Waals surface area contributed by atoms with Crippen molar-refractivity contribution in [3.05, 3.63) is 132 Å². The van der Waals surface area contributed by atoms with Gasteiger partial charge in [-0.25, -0.2) is 14.2 Å². The van der Waals surface area contributed by atoms with E-state index >= 15 is 0 Å². The number of hydrogen-bond donors (Lipinski definition) is 1. The zero-order valence-corrected chi connectivity index (χ0v) is 22.5. The molecule has 3 aromatic carbocycles. The molecule has 0 unspecified atom stereocenters. The molecule has 7 rings (SSSR count). The van der Waals surface area contributed by atoms with Crippen molar-refractivity contribution in [2.45, 2.75) is 6.54 Å². The molecule has 41 heavy (non-hydrogen) atoms. The Bertz CT molecular complexity index is 2050. The first-order valence-corrected chi connectivity index (χ1v) is 13.9. The number of aromatic nitrogens is 3. The Morgan fingerprint density at radius 2 is 1.59 bits per heavy atom. The van der Waals surface area contributed by atoms with Crippen LogP contribution in [0.1, 0.15) is 15.2 Å². The van der Waals surface area contributed by atoms with Crippen LogP contribution in [0.3, 0.4) is 0 Å². The molecule has 7 heteroatoms. The maximum absolute atomic E-state index is 13.4. The molecule has 0 spiro atoms. The molecule has 0 saturated carbocycles. The SMILES string of the molecule is O=C(O)c1cc2c(s1)c(-c1ccccc1)c(-c1ccc3nc(-c4ccc(F)cc4)ccc3c1)n2Cc1ccncc1. The van der Waals surface area contributed by atoms with Gasteiger partial charge in [0.05, 0.1) is 27.1 Å². The normalized spacial score (nSPS) is 11.3. The number of hydrogen-bond acceptors (Lipinski definition) is 4. The number of halogens is 1. The summed E-state index contributed by atoms with van der Waals surface area (Å²) in [4.78, 5) is 21.3. The number of carbonyl (C=O) groups is 1. The van der Waals surface area contributed by atoms with Crippen molar-refractivity contribution in [1.82, 2.24) is 14.5 Å². The highest BCUT2D eigenvalue weighted by Crippen LogP contribution is 2.45. The summed E-state index contributed by atoms with van der Waals surface area (Å²) in [7, 11) is 0. The van der Waals surface area contributed by atoms with Crippen LogP contribution in [0.15, 0.2) is 116 Å². The van der Waals surface area contributed by atoms with Crippen molar-refractivity contribution < 1.29 is 14.3 Å². The van der Waals surface area contributed by atoms with Gasteiger partial charge in [0, 0.05) is 35.5 Å². The third-order valence-electron chi connectivity index (χ3n) is 7.20. The highest BCUT2D eigenvalue weighted by Gasteiger charge is 2.24. The summed E-state index contributed by atoms with van der Waals surface area (Å²) in [6.07, 6.45) is 3.54. The lowest BCUT2D eigenvalue weighted by atomic mass is 9.99. The molecule has 5 nitrogen and oxygen atoms in total. The third-order valence-corrected chi connectivity index (χ3v) is 8.33. The van der Waals surface area contributed by atoms with Crippen molar-refractivity contribution in [2.75, 3.05) is 0 Å². The zero-order chi connectivity index (χ0) is 27.9. The van der Waals surface area contributed by atoms with Crippen LogP contribution in [0.5, 0.6) is 0 Å². The quantitative estimate of drug-likeness (QED) is 0.223. The summed E-state index contributed by atoms with van der Waals surface area (Å²) >= 11 is 1.30. The first kappa shape index (κ1) is 24.9. The van der Waals surface area contributed by atoms with Crippen molar-refractivity contribution in [2.24, 2.45) is 0 Å². The molecular formula is C34H22FN3O2S. The summed E-state index contributed by atoms with van der Waals surface area (Å²) in [5, 5.41) is 10.8. The Hall–Kier alpha value is -5.14. The van der Waals surface area contributed by atoms with Gasteiger partial charge in [0.2, 0.25) is 0 Å². The molecule has 0 aliphatic rings. The standard InChI is InChI=1S/C34H22FN3O2S/c35-26-10-6-22(7-11-26)27-12-8-24-18-25(9-13-28(24)37-27)32-31(23-4-2-1-3-5-23)33-29(19-30(41-33)34(39)40)38(32)20-21-14-16-36-17-15-21/h1-19H,20H2,(H,39,40). The van der Waals surface area contributed by atoms with Gasteiger partial charge in [-0.2, -0.15) is 0 Å². The lowest BCUT2D eigenvalue weighted by Crippen LogP contribution is -2.03. The Labute approximate surface area is 238 Å². The highest BCUT2D eigenvalue weighted by atomic mass is 32.1. The minimum Gasteiger partial charge on any atom is -0.477 e. The molecule has 0 aliphatic carbocycles. The minimum absolute atomic E-state index is 0.279. The predicted octanol–water partition coefficient (Wildman–Crippen LogP) is 8.53. The molecule has 0 saturated heterocycles. The van der Waals surface area contributed by atoms with Gasteiger partial charge in [-0.1, -0.05) is 42.5 Å². The number of pyridine rings is 2. The van der Waals surface area contributed by atoms with Crippen LogP contribution >= 0.6 is 11.3 Å². The average Bonchev–Trinajstić information content (AvgIpc) is 3.56. The number of aromatic carboxylic acids is 1. The number of benzene rings is 3. The van der Waals surface area contributed by atoms with E-state index in [2.05, 4.69) is 33.8 Å². The second-order valence-corrected chi connectivity index (χ2v) is 10.8. The molecule has 0 fully saturated rings. The topological polar surface area (TPSA) is 68.0 Å². The molecule has 4 heterocycles. The largest absolute Gasteiger partial charge is 0.477 e. The Balaban J connectivity index is 1.45. The van der Waals surface area contributed by atoms with Crippen molar-refractivity contribution in [3.63, 3.8) is 0 Å². The second-order valence-electron chi connectivity index (χ2n) is 9.77. The Morgan fingerprint density at radius 3 is 2.34 bits per heavy atom. The Kier molecular flexibility index (Phi) is 6.14. The summed E-state index contributed by atoms with van der Waals surface area (Å²) in [6.45, 7) is 0.552. The Morgan fingerprint density at radius 1 is 0.829 bits per heavy atom. The third kappa shape index (κ3) is 4.56. The molecule has 198 valence electrons. The first-order chi connectivity index (χ1) is 20.0. The smallest absolute Gasteiger partial charge is 0.345 e. The van der Waals surface area contributed by atoms with Crippen molar-refractivity contribution in [1.29, 1.82) is 0 Å². The highest BCUT2D eigenvalue weighted by molar-refractivity contribution is 7.21. The molecule has 7 aromatic rings. The number of carboxylic acid groups (broad SMARTS) is 1. The van der Waals surface area contributed by atoms with Crippen LogP contribution in [-0.4, -0.2) is 25.6 Å². The number of nitrogens with zero attached hydrogens (tertiary/aromatic N) is 3. The number of carboxylic acids is 1. The molecular weight excluding hydrogens is 533 g/mol. The van der Waals surface area contributed by atoms with E-state index in [1.807, 2.05) is 48.5 Å². The molecule has 1 N–H and O–H groups in total. The van der Waals surface area contributed by atoms with Gasteiger partial charge < -0.3 is 9.67 Å². The van der Waals surface area contributed by atoms with Gasteiger partial charge in [0.15, 0.2) is 0 Å². The second kappa shape index (κ2) is 10.1. The van der Waals surface area contributed by atoms with E-state index in [0.29, 0.717) is 11.4 Å². The van der Waals surface area contributed by atoms with E-state index in [4.69, 9.17) is 4.98 Å². The van der Waals surface area contributed by atoms with Crippen LogP contribution in [0.2, 0.25) is 0 Å². The lowest BCUT2D eigenvalue weighted by molar-refractivity contribution is 0.0702. The van der Waals surface area contributed by atoms with E-state index in [0.717, 1.165) is 60.3 Å². The fourth-order valence-electron chi connectivity index (χ4n) is 5.29. The van der Waals surface area contributed by atoms with E-state index in [-0.39, 0.29) is 5.82 Å². The van der Waals surface area contributed by atoms with Gasteiger partial charge in [0.1, 0.15) is 10.7 Å². The molecule has 0 bridgehead atoms. The first-order valence-electron chi connectivity index (χ1n) is 13.1. The number of thiophene rings is 1. The summed E-state index contributed by atoms with van der Waals surface area (Å²) in [5.74, 6) is -1.21. The number of fused-ring (bicyclic) bond motifs is 2. The van der Waals surface area contributed by atoms with Crippen LogP contribution in [0, 0.1) is 5.82 Å². The maximum atomic E-state index is 13.4. The monoisotopic (exact) mass is 555 g/mol. The van der Waals surface area contributed by atoms with Gasteiger partial charge in [0.25, 0.3) is 0 Å². The number of rotatable bonds is 6. The average molecular weight is 556 g/mol.